The molecule has 4 heteroatoms. The third-order valence-electron chi connectivity index (χ3n) is 4.08. The van der Waals surface area contributed by atoms with Crippen molar-refractivity contribution in [2.24, 2.45) is 11.1 Å². The second-order valence-electron chi connectivity index (χ2n) is 5.13. The van der Waals surface area contributed by atoms with Crippen molar-refractivity contribution in [1.29, 1.82) is 0 Å². The number of carbonyl (C=O) groups is 1. The van der Waals surface area contributed by atoms with Crippen LogP contribution in [0.1, 0.15) is 45.4 Å². The summed E-state index contributed by atoms with van der Waals surface area (Å²) in [6.45, 7) is 3.42. The molecule has 17 heavy (non-hydrogen) atoms. The monoisotopic (exact) mass is 242 g/mol. The topological polar surface area (TPSA) is 64.4 Å². The van der Waals surface area contributed by atoms with Gasteiger partial charge in [-0.25, -0.2) is 0 Å². The zero-order valence-electron chi connectivity index (χ0n) is 11.1. The van der Waals surface area contributed by atoms with Gasteiger partial charge in [0, 0.05) is 20.2 Å². The van der Waals surface area contributed by atoms with Gasteiger partial charge in [-0.2, -0.15) is 0 Å². The Hall–Kier alpha value is -0.610. The second kappa shape index (κ2) is 6.97. The highest BCUT2D eigenvalue weighted by molar-refractivity contribution is 5.76. The van der Waals surface area contributed by atoms with Crippen molar-refractivity contribution >= 4 is 5.91 Å². The quantitative estimate of drug-likeness (QED) is 0.710. The predicted molar refractivity (Wildman–Crippen MR) is 68.7 cm³/mol. The molecule has 1 amide bonds. The Kier molecular flexibility index (Phi) is 5.92. The fourth-order valence-corrected chi connectivity index (χ4v) is 2.61. The molecule has 1 fully saturated rings. The number of nitrogens with one attached hydrogen (secondary N) is 1. The molecule has 100 valence electrons. The van der Waals surface area contributed by atoms with Crippen LogP contribution < -0.4 is 11.1 Å². The molecule has 1 aliphatic rings. The Morgan fingerprint density at radius 2 is 2.12 bits per heavy atom. The van der Waals surface area contributed by atoms with Gasteiger partial charge < -0.3 is 15.8 Å². The first-order valence-corrected chi connectivity index (χ1v) is 6.65. The van der Waals surface area contributed by atoms with E-state index in [9.17, 15) is 4.79 Å². The van der Waals surface area contributed by atoms with Crippen LogP contribution >= 0.6 is 0 Å². The molecule has 1 aliphatic carbocycles. The Bertz CT molecular complexity index is 234. The van der Waals surface area contributed by atoms with Gasteiger partial charge in [-0.15, -0.1) is 0 Å². The van der Waals surface area contributed by atoms with Crippen LogP contribution in [0, 0.1) is 5.41 Å². The van der Waals surface area contributed by atoms with E-state index in [1.807, 2.05) is 0 Å². The number of amides is 1. The van der Waals surface area contributed by atoms with Crippen molar-refractivity contribution < 1.29 is 9.53 Å². The van der Waals surface area contributed by atoms with E-state index < -0.39 is 0 Å². The Balaban J connectivity index is 2.31. The number of hydrogen-bond acceptors (Lipinski definition) is 3. The Labute approximate surface area is 104 Å². The van der Waals surface area contributed by atoms with E-state index in [2.05, 4.69) is 12.2 Å². The van der Waals surface area contributed by atoms with Gasteiger partial charge in [0.2, 0.25) is 5.91 Å². The van der Waals surface area contributed by atoms with Gasteiger partial charge >= 0.3 is 0 Å². The van der Waals surface area contributed by atoms with Gasteiger partial charge in [0.15, 0.2) is 0 Å². The lowest BCUT2D eigenvalue weighted by Gasteiger charge is -2.28. The molecule has 1 unspecified atom stereocenters. The highest BCUT2D eigenvalue weighted by Crippen LogP contribution is 2.40. The van der Waals surface area contributed by atoms with Crippen molar-refractivity contribution in [3.63, 3.8) is 0 Å². The molecular formula is C13H26N2O2. The van der Waals surface area contributed by atoms with Gasteiger partial charge in [0.25, 0.3) is 0 Å². The predicted octanol–water partition coefficient (Wildman–Crippen LogP) is 1.44. The molecule has 0 spiro atoms. The number of ether oxygens (including phenoxy) is 1. The summed E-state index contributed by atoms with van der Waals surface area (Å²) in [6, 6.07) is 0. The third-order valence-corrected chi connectivity index (χ3v) is 4.08. The van der Waals surface area contributed by atoms with Crippen LogP contribution in [0.3, 0.4) is 0 Å². The minimum absolute atomic E-state index is 0.0574. The molecule has 0 aromatic rings. The maximum atomic E-state index is 11.7. The number of rotatable bonds is 7. The number of methoxy groups -OCH3 is 1. The molecule has 1 rings (SSSR count). The third kappa shape index (κ3) is 4.28. The molecule has 0 bridgehead atoms. The van der Waals surface area contributed by atoms with Crippen LogP contribution in [0.25, 0.3) is 0 Å². The van der Waals surface area contributed by atoms with Crippen LogP contribution in [-0.2, 0) is 9.53 Å². The van der Waals surface area contributed by atoms with Crippen molar-refractivity contribution in [2.75, 3.05) is 20.2 Å². The van der Waals surface area contributed by atoms with Gasteiger partial charge in [0.1, 0.15) is 0 Å². The SMILES string of the molecule is CCC1(CNC(=O)CC(CN)OC)CCCC1. The van der Waals surface area contributed by atoms with E-state index in [0.29, 0.717) is 18.4 Å². The maximum absolute atomic E-state index is 11.7. The summed E-state index contributed by atoms with van der Waals surface area (Å²) < 4.78 is 5.11. The number of hydrogen-bond donors (Lipinski definition) is 2. The zero-order chi connectivity index (χ0) is 12.7. The molecule has 0 aromatic heterocycles. The number of carbonyl (C=O) groups excluding carboxylic acids is 1. The first-order chi connectivity index (χ1) is 8.15. The van der Waals surface area contributed by atoms with Crippen molar-refractivity contribution in [3.8, 4) is 0 Å². The summed E-state index contributed by atoms with van der Waals surface area (Å²) in [5, 5.41) is 3.04. The summed E-state index contributed by atoms with van der Waals surface area (Å²) in [7, 11) is 1.59. The summed E-state index contributed by atoms with van der Waals surface area (Å²) in [5.74, 6) is 0.0574. The average molecular weight is 242 g/mol. The lowest BCUT2D eigenvalue weighted by atomic mass is 9.83. The van der Waals surface area contributed by atoms with Crippen LogP contribution in [-0.4, -0.2) is 32.2 Å². The summed E-state index contributed by atoms with van der Waals surface area (Å²) in [4.78, 5) is 11.7. The van der Waals surface area contributed by atoms with Gasteiger partial charge in [-0.3, -0.25) is 4.79 Å². The molecular weight excluding hydrogens is 216 g/mol. The van der Waals surface area contributed by atoms with Crippen LogP contribution in [0.2, 0.25) is 0 Å². The fourth-order valence-electron chi connectivity index (χ4n) is 2.61. The zero-order valence-corrected chi connectivity index (χ0v) is 11.1. The second-order valence-corrected chi connectivity index (χ2v) is 5.13. The normalized spacial score (nSPS) is 20.2. The molecule has 0 aromatic carbocycles. The van der Waals surface area contributed by atoms with E-state index in [0.717, 1.165) is 13.0 Å². The first-order valence-electron chi connectivity index (χ1n) is 6.65. The van der Waals surface area contributed by atoms with E-state index >= 15 is 0 Å². The Morgan fingerprint density at radius 1 is 1.47 bits per heavy atom. The molecule has 0 radical (unpaired) electrons. The molecule has 0 heterocycles. The molecule has 0 saturated heterocycles. The number of nitrogens with two attached hydrogens (primary N) is 1. The van der Waals surface area contributed by atoms with E-state index in [1.54, 1.807) is 7.11 Å². The molecule has 3 N–H and O–H groups in total. The highest BCUT2D eigenvalue weighted by atomic mass is 16.5. The van der Waals surface area contributed by atoms with Crippen molar-refractivity contribution in [2.45, 2.75) is 51.6 Å². The smallest absolute Gasteiger partial charge is 0.222 e. The summed E-state index contributed by atoms with van der Waals surface area (Å²) in [5.41, 5.74) is 5.85. The average Bonchev–Trinajstić information content (AvgIpc) is 2.83. The van der Waals surface area contributed by atoms with E-state index in [-0.39, 0.29) is 12.0 Å². The van der Waals surface area contributed by atoms with Crippen LogP contribution in [0.4, 0.5) is 0 Å². The minimum Gasteiger partial charge on any atom is -0.380 e. The lowest BCUT2D eigenvalue weighted by Crippen LogP contribution is -2.38. The van der Waals surface area contributed by atoms with E-state index in [1.165, 1.54) is 25.7 Å². The Morgan fingerprint density at radius 3 is 2.59 bits per heavy atom. The summed E-state index contributed by atoms with van der Waals surface area (Å²) >= 11 is 0. The van der Waals surface area contributed by atoms with Crippen LogP contribution in [0.15, 0.2) is 0 Å². The lowest BCUT2D eigenvalue weighted by molar-refractivity contribution is -0.123. The molecule has 1 saturated carbocycles. The van der Waals surface area contributed by atoms with Crippen molar-refractivity contribution in [1.82, 2.24) is 5.32 Å². The van der Waals surface area contributed by atoms with Gasteiger partial charge in [-0.05, 0) is 24.7 Å². The van der Waals surface area contributed by atoms with Gasteiger partial charge in [-0.1, -0.05) is 19.8 Å². The highest BCUT2D eigenvalue weighted by Gasteiger charge is 2.32. The van der Waals surface area contributed by atoms with Gasteiger partial charge in [0.05, 0.1) is 12.5 Å². The maximum Gasteiger partial charge on any atom is 0.222 e. The van der Waals surface area contributed by atoms with Crippen molar-refractivity contribution in [3.05, 3.63) is 0 Å². The largest absolute Gasteiger partial charge is 0.380 e. The van der Waals surface area contributed by atoms with Crippen LogP contribution in [0.5, 0.6) is 0 Å². The fraction of sp³-hybridized carbons (Fsp3) is 0.923. The minimum atomic E-state index is -0.156. The van der Waals surface area contributed by atoms with E-state index in [4.69, 9.17) is 10.5 Å². The molecule has 1 atom stereocenters. The summed E-state index contributed by atoms with van der Waals surface area (Å²) in [6.07, 6.45) is 6.45. The molecule has 4 nitrogen and oxygen atoms in total. The molecule has 0 aliphatic heterocycles. The first kappa shape index (κ1) is 14.5. The standard InChI is InChI=1S/C13H26N2O2/c1-3-13(6-4-5-7-13)10-15-12(16)8-11(9-14)17-2/h11H,3-10,14H2,1-2H3,(H,15,16).